The normalized spacial score (nSPS) is 21.1. The molecule has 3 heterocycles. The summed E-state index contributed by atoms with van der Waals surface area (Å²) in [7, 11) is 1.98. The van der Waals surface area contributed by atoms with Crippen molar-refractivity contribution >= 4 is 41.3 Å². The summed E-state index contributed by atoms with van der Waals surface area (Å²) in [5.41, 5.74) is 0.121. The monoisotopic (exact) mass is 516 g/mol. The van der Waals surface area contributed by atoms with Gasteiger partial charge in [-0.25, -0.2) is 4.99 Å². The molecule has 154 valence electrons. The molecule has 2 aromatic rings. The number of hydrogen-bond acceptors (Lipinski definition) is 5. The van der Waals surface area contributed by atoms with Crippen LogP contribution in [-0.2, 0) is 24.9 Å². The van der Waals surface area contributed by atoms with Crippen molar-refractivity contribution in [3.05, 3.63) is 34.0 Å². The minimum Gasteiger partial charge on any atom is -0.375 e. The number of guanidine groups is 1. The number of nitrogens with zero attached hydrogens (tertiary/aromatic N) is 4. The fourth-order valence-corrected chi connectivity index (χ4v) is 4.38. The van der Waals surface area contributed by atoms with Crippen LogP contribution < -0.4 is 10.6 Å². The van der Waals surface area contributed by atoms with Gasteiger partial charge in [0.1, 0.15) is 12.4 Å². The van der Waals surface area contributed by atoms with E-state index in [0.717, 1.165) is 43.6 Å². The molecule has 2 aromatic heterocycles. The number of nitrogens with one attached hydrogen (secondary N) is 2. The number of rotatable bonds is 5. The van der Waals surface area contributed by atoms with Crippen molar-refractivity contribution < 1.29 is 4.74 Å². The molecular weight excluding hydrogens is 487 g/mol. The van der Waals surface area contributed by atoms with Crippen molar-refractivity contribution in [2.24, 2.45) is 12.0 Å². The summed E-state index contributed by atoms with van der Waals surface area (Å²) >= 11 is 1.75. The highest BCUT2D eigenvalue weighted by Gasteiger charge is 2.42. The molecule has 0 radical (unpaired) electrons. The first-order valence-electron chi connectivity index (χ1n) is 9.70. The zero-order chi connectivity index (χ0) is 18.7. The number of aryl methyl sites for hydroxylation is 1. The largest absolute Gasteiger partial charge is 0.375 e. The van der Waals surface area contributed by atoms with Crippen LogP contribution in [0.3, 0.4) is 0 Å². The van der Waals surface area contributed by atoms with Crippen LogP contribution in [0.25, 0.3) is 0 Å². The van der Waals surface area contributed by atoms with Crippen molar-refractivity contribution in [3.63, 3.8) is 0 Å². The third-order valence-corrected chi connectivity index (χ3v) is 6.55. The van der Waals surface area contributed by atoms with Gasteiger partial charge in [-0.1, -0.05) is 6.07 Å². The Morgan fingerprint density at radius 2 is 2.29 bits per heavy atom. The fourth-order valence-electron chi connectivity index (χ4n) is 3.74. The Kier molecular flexibility index (Phi) is 7.32. The predicted octanol–water partition coefficient (Wildman–Crippen LogP) is 3.14. The van der Waals surface area contributed by atoms with Gasteiger partial charge in [0.05, 0.1) is 12.1 Å². The lowest BCUT2D eigenvalue weighted by atomic mass is 9.74. The standard InChI is InChI=1S/C19H28N6OS.HI/c1-14-23-24-17(25(14)2)13-21-18(20-12-16-5-3-10-27-16)22-15-6-9-26-19(11-15)7-4-8-19;/h3,5,10,15H,4,6-9,11-13H2,1-2H3,(H2,20,21,22);1H. The van der Waals surface area contributed by atoms with Crippen LogP contribution in [-0.4, -0.2) is 39.0 Å². The van der Waals surface area contributed by atoms with Gasteiger partial charge in [-0.05, 0) is 50.5 Å². The molecule has 0 bridgehead atoms. The molecule has 1 atom stereocenters. The Morgan fingerprint density at radius 3 is 2.93 bits per heavy atom. The van der Waals surface area contributed by atoms with Crippen molar-refractivity contribution in [2.75, 3.05) is 6.61 Å². The van der Waals surface area contributed by atoms with E-state index in [-0.39, 0.29) is 29.6 Å². The lowest BCUT2D eigenvalue weighted by Crippen LogP contribution is -2.53. The van der Waals surface area contributed by atoms with Crippen LogP contribution >= 0.6 is 35.3 Å². The number of aliphatic imine (C=N–C) groups is 1. The summed E-state index contributed by atoms with van der Waals surface area (Å²) in [5, 5.41) is 17.6. The first kappa shape index (κ1) is 21.5. The molecule has 1 saturated carbocycles. The molecule has 9 heteroatoms. The van der Waals surface area contributed by atoms with Gasteiger partial charge >= 0.3 is 0 Å². The molecule has 1 aliphatic heterocycles. The van der Waals surface area contributed by atoms with E-state index >= 15 is 0 Å². The van der Waals surface area contributed by atoms with E-state index in [1.165, 1.54) is 24.1 Å². The zero-order valence-corrected chi connectivity index (χ0v) is 19.6. The molecule has 0 amide bonds. The molecule has 7 nitrogen and oxygen atoms in total. The molecule has 1 saturated heterocycles. The van der Waals surface area contributed by atoms with Crippen molar-refractivity contribution in [1.82, 2.24) is 25.4 Å². The Balaban J connectivity index is 0.00000225. The summed E-state index contributed by atoms with van der Waals surface area (Å²) in [6.45, 7) is 4.06. The van der Waals surface area contributed by atoms with Crippen LogP contribution in [0.1, 0.15) is 48.6 Å². The van der Waals surface area contributed by atoms with Gasteiger partial charge < -0.3 is 19.9 Å². The quantitative estimate of drug-likeness (QED) is 0.363. The second-order valence-corrected chi connectivity index (χ2v) is 8.57. The summed E-state index contributed by atoms with van der Waals surface area (Å²) < 4.78 is 8.04. The fraction of sp³-hybridized carbons (Fsp3) is 0.632. The van der Waals surface area contributed by atoms with E-state index < -0.39 is 0 Å². The second kappa shape index (κ2) is 9.53. The third-order valence-electron chi connectivity index (χ3n) is 5.67. The highest BCUT2D eigenvalue weighted by Crippen LogP contribution is 2.42. The van der Waals surface area contributed by atoms with Gasteiger partial charge in [0, 0.05) is 24.6 Å². The van der Waals surface area contributed by atoms with Crippen LogP contribution in [0, 0.1) is 6.92 Å². The molecule has 0 aromatic carbocycles. The van der Waals surface area contributed by atoms with Crippen LogP contribution in [0.4, 0.5) is 0 Å². The second-order valence-electron chi connectivity index (χ2n) is 7.54. The van der Waals surface area contributed by atoms with E-state index in [1.54, 1.807) is 11.3 Å². The van der Waals surface area contributed by atoms with Crippen molar-refractivity contribution in [1.29, 1.82) is 0 Å². The molecule has 2 fully saturated rings. The number of thiophene rings is 1. The minimum absolute atomic E-state index is 0. The Morgan fingerprint density at radius 1 is 1.43 bits per heavy atom. The highest BCUT2D eigenvalue weighted by molar-refractivity contribution is 14.0. The van der Waals surface area contributed by atoms with E-state index in [0.29, 0.717) is 12.6 Å². The summed E-state index contributed by atoms with van der Waals surface area (Å²) in [6, 6.07) is 4.61. The first-order chi connectivity index (χ1) is 13.1. The third kappa shape index (κ3) is 5.04. The number of halogens is 1. The minimum atomic E-state index is 0. The number of hydrogen-bond donors (Lipinski definition) is 2. The smallest absolute Gasteiger partial charge is 0.192 e. The lowest BCUT2D eigenvalue weighted by Gasteiger charge is -2.47. The molecule has 1 unspecified atom stereocenters. The maximum Gasteiger partial charge on any atom is 0.192 e. The molecular formula is C19H29IN6OS. The van der Waals surface area contributed by atoms with Crippen LogP contribution in [0.2, 0.25) is 0 Å². The number of aromatic nitrogens is 3. The first-order valence-corrected chi connectivity index (χ1v) is 10.6. The molecule has 1 spiro atoms. The van der Waals surface area contributed by atoms with Gasteiger partial charge in [0.25, 0.3) is 0 Å². The molecule has 2 aliphatic rings. The average molecular weight is 516 g/mol. The molecule has 1 aliphatic carbocycles. The van der Waals surface area contributed by atoms with Gasteiger partial charge in [-0.2, -0.15) is 0 Å². The molecule has 2 N–H and O–H groups in total. The SMILES string of the molecule is Cc1nnc(CN=C(NCc2cccs2)NC2CCOC3(CCC3)C2)n1C.I. The summed E-state index contributed by atoms with van der Waals surface area (Å²) in [5.74, 6) is 2.61. The Labute approximate surface area is 187 Å². The molecule has 4 rings (SSSR count). The van der Waals surface area contributed by atoms with E-state index in [1.807, 2.05) is 18.5 Å². The summed E-state index contributed by atoms with van der Waals surface area (Å²) in [4.78, 5) is 6.08. The van der Waals surface area contributed by atoms with E-state index in [4.69, 9.17) is 9.73 Å². The van der Waals surface area contributed by atoms with Crippen molar-refractivity contribution in [3.8, 4) is 0 Å². The highest BCUT2D eigenvalue weighted by atomic mass is 127. The zero-order valence-electron chi connectivity index (χ0n) is 16.5. The maximum atomic E-state index is 6.06. The Bertz CT molecular complexity index is 786. The maximum absolute atomic E-state index is 6.06. The average Bonchev–Trinajstić information content (AvgIpc) is 3.28. The Hall–Kier alpha value is -1.20. The summed E-state index contributed by atoms with van der Waals surface area (Å²) in [6.07, 6.45) is 5.76. The number of ether oxygens (including phenoxy) is 1. The molecule has 28 heavy (non-hydrogen) atoms. The van der Waals surface area contributed by atoms with Crippen molar-refractivity contribution in [2.45, 2.75) is 63.8 Å². The van der Waals surface area contributed by atoms with E-state index in [9.17, 15) is 0 Å². The van der Waals surface area contributed by atoms with Gasteiger partial charge in [-0.3, -0.25) is 0 Å². The lowest BCUT2D eigenvalue weighted by molar-refractivity contribution is -0.134. The van der Waals surface area contributed by atoms with Gasteiger partial charge in [0.15, 0.2) is 11.8 Å². The van der Waals surface area contributed by atoms with Crippen LogP contribution in [0.15, 0.2) is 22.5 Å². The van der Waals surface area contributed by atoms with Crippen LogP contribution in [0.5, 0.6) is 0 Å². The van der Waals surface area contributed by atoms with Gasteiger partial charge in [0.2, 0.25) is 0 Å². The topological polar surface area (TPSA) is 76.4 Å². The predicted molar refractivity (Wildman–Crippen MR) is 122 cm³/mol. The van der Waals surface area contributed by atoms with E-state index in [2.05, 4.69) is 38.3 Å². The van der Waals surface area contributed by atoms with Gasteiger partial charge in [-0.15, -0.1) is 45.5 Å².